The minimum Gasteiger partial charge on any atom is -0.480 e. The zero-order valence-electron chi connectivity index (χ0n) is 14.4. The van der Waals surface area contributed by atoms with E-state index in [2.05, 4.69) is 0 Å². The zero-order chi connectivity index (χ0) is 19.4. The Morgan fingerprint density at radius 1 is 1.11 bits per heavy atom. The van der Waals surface area contributed by atoms with E-state index >= 15 is 0 Å². The summed E-state index contributed by atoms with van der Waals surface area (Å²) < 4.78 is 30.2. The molecule has 1 aliphatic rings. The molecule has 2 aromatic rings. The third-order valence-electron chi connectivity index (χ3n) is 4.31. The van der Waals surface area contributed by atoms with Gasteiger partial charge in [-0.25, -0.2) is 13.2 Å². The summed E-state index contributed by atoms with van der Waals surface area (Å²) in [5.74, 6) is -1.83. The lowest BCUT2D eigenvalue weighted by atomic mass is 10.1. The molecule has 0 aromatic heterocycles. The van der Waals surface area contributed by atoms with Crippen molar-refractivity contribution in [1.82, 2.24) is 4.90 Å². The quantitative estimate of drug-likeness (QED) is 0.833. The van der Waals surface area contributed by atoms with Crippen molar-refractivity contribution in [2.45, 2.75) is 16.7 Å². The molecule has 8 heteroatoms. The molecule has 2 aromatic carbocycles. The topological polar surface area (TPSA) is 101 Å². The molecule has 0 saturated carbocycles. The van der Waals surface area contributed by atoms with Gasteiger partial charge in [-0.1, -0.05) is 30.3 Å². The average Bonchev–Trinajstić information content (AvgIpc) is 2.68. The highest BCUT2D eigenvalue weighted by Crippen LogP contribution is 2.19. The lowest BCUT2D eigenvalue weighted by Gasteiger charge is -2.33. The average molecular weight is 389 g/mol. The fraction of sp³-hybridized carbons (Fsp3) is 0.263. The second-order valence-electron chi connectivity index (χ2n) is 6.20. The van der Waals surface area contributed by atoms with Crippen LogP contribution >= 0.6 is 0 Å². The van der Waals surface area contributed by atoms with E-state index in [1.165, 1.54) is 23.1 Å². The van der Waals surface area contributed by atoms with Crippen molar-refractivity contribution in [2.75, 3.05) is 19.8 Å². The number of hydrogen-bond acceptors (Lipinski definition) is 5. The van der Waals surface area contributed by atoms with Gasteiger partial charge in [0, 0.05) is 12.1 Å². The summed E-state index contributed by atoms with van der Waals surface area (Å²) >= 11 is 0. The van der Waals surface area contributed by atoms with Crippen molar-refractivity contribution in [3.8, 4) is 0 Å². The molecule has 0 spiro atoms. The van der Waals surface area contributed by atoms with E-state index in [1.54, 1.807) is 36.4 Å². The number of ether oxygens (including phenoxy) is 1. The minimum absolute atomic E-state index is 0.0663. The van der Waals surface area contributed by atoms with Crippen molar-refractivity contribution in [2.24, 2.45) is 0 Å². The number of nitrogens with zero attached hydrogens (tertiary/aromatic N) is 1. The van der Waals surface area contributed by atoms with Crippen LogP contribution in [0.3, 0.4) is 0 Å². The SMILES string of the molecule is O=C(O)C1COCCN1C(=O)c1cccc(CS(=O)(=O)c2ccccc2)c1. The minimum atomic E-state index is -3.54. The largest absolute Gasteiger partial charge is 0.480 e. The first-order chi connectivity index (χ1) is 12.9. The smallest absolute Gasteiger partial charge is 0.328 e. The fourth-order valence-corrected chi connectivity index (χ4v) is 4.30. The van der Waals surface area contributed by atoms with Crippen LogP contribution in [0.4, 0.5) is 0 Å². The maximum absolute atomic E-state index is 12.8. The van der Waals surface area contributed by atoms with E-state index in [0.717, 1.165) is 0 Å². The first kappa shape index (κ1) is 19.1. The van der Waals surface area contributed by atoms with Crippen LogP contribution in [-0.2, 0) is 25.1 Å². The van der Waals surface area contributed by atoms with Crippen LogP contribution in [0.1, 0.15) is 15.9 Å². The molecule has 142 valence electrons. The van der Waals surface area contributed by atoms with Crippen LogP contribution < -0.4 is 0 Å². The Morgan fingerprint density at radius 3 is 2.56 bits per heavy atom. The molecule has 1 heterocycles. The van der Waals surface area contributed by atoms with Gasteiger partial charge in [-0.3, -0.25) is 4.79 Å². The van der Waals surface area contributed by atoms with Gasteiger partial charge in [-0.15, -0.1) is 0 Å². The zero-order valence-corrected chi connectivity index (χ0v) is 15.3. The van der Waals surface area contributed by atoms with Crippen molar-refractivity contribution in [3.05, 3.63) is 65.7 Å². The van der Waals surface area contributed by atoms with Gasteiger partial charge in [-0.05, 0) is 29.8 Å². The number of morpholine rings is 1. The monoisotopic (exact) mass is 389 g/mol. The standard InChI is InChI=1S/C19H19NO6S/c21-18(20-9-10-26-12-17(20)19(22)23)15-6-4-5-14(11-15)13-27(24,25)16-7-2-1-3-8-16/h1-8,11,17H,9-10,12-13H2,(H,22,23). The van der Waals surface area contributed by atoms with Crippen molar-refractivity contribution in [1.29, 1.82) is 0 Å². The normalized spacial score (nSPS) is 17.5. The van der Waals surface area contributed by atoms with E-state index in [-0.39, 0.29) is 36.0 Å². The Kier molecular flexibility index (Phi) is 5.57. The number of sulfone groups is 1. The predicted molar refractivity (Wildman–Crippen MR) is 97.1 cm³/mol. The van der Waals surface area contributed by atoms with Crippen LogP contribution in [-0.4, -0.2) is 56.1 Å². The van der Waals surface area contributed by atoms with Gasteiger partial charge >= 0.3 is 5.97 Å². The summed E-state index contributed by atoms with van der Waals surface area (Å²) in [6, 6.07) is 13.3. The summed E-state index contributed by atoms with van der Waals surface area (Å²) in [5.41, 5.74) is 0.716. The Labute approximate surface area is 157 Å². The Balaban J connectivity index is 1.83. The molecule has 0 aliphatic carbocycles. The van der Waals surface area contributed by atoms with Gasteiger partial charge in [0.2, 0.25) is 0 Å². The number of amides is 1. The summed E-state index contributed by atoms with van der Waals surface area (Å²) in [4.78, 5) is 25.6. The third-order valence-corrected chi connectivity index (χ3v) is 6.01. The Bertz CT molecular complexity index is 942. The molecule has 0 radical (unpaired) electrons. The second kappa shape index (κ2) is 7.89. The fourth-order valence-electron chi connectivity index (χ4n) is 2.94. The summed E-state index contributed by atoms with van der Waals surface area (Å²) in [7, 11) is -3.54. The van der Waals surface area contributed by atoms with Crippen molar-refractivity contribution in [3.63, 3.8) is 0 Å². The van der Waals surface area contributed by atoms with Crippen LogP contribution in [0.25, 0.3) is 0 Å². The van der Waals surface area contributed by atoms with Gasteiger partial charge in [0.05, 0.1) is 23.9 Å². The number of aliphatic carboxylic acids is 1. The number of carbonyl (C=O) groups is 2. The molecular weight excluding hydrogens is 370 g/mol. The predicted octanol–water partition coefficient (Wildman–Crippen LogP) is 1.59. The summed E-state index contributed by atoms with van der Waals surface area (Å²) in [6.07, 6.45) is 0. The number of carboxylic acid groups (broad SMARTS) is 1. The molecule has 1 unspecified atom stereocenters. The Morgan fingerprint density at radius 2 is 1.85 bits per heavy atom. The molecule has 3 rings (SSSR count). The first-order valence-corrected chi connectivity index (χ1v) is 10.0. The molecule has 1 aliphatic heterocycles. The molecular formula is C19H19NO6S. The van der Waals surface area contributed by atoms with E-state index in [1.807, 2.05) is 0 Å². The van der Waals surface area contributed by atoms with E-state index in [9.17, 15) is 23.1 Å². The maximum atomic E-state index is 12.8. The Hall–Kier alpha value is -2.71. The highest BCUT2D eigenvalue weighted by molar-refractivity contribution is 7.90. The van der Waals surface area contributed by atoms with Gasteiger partial charge < -0.3 is 14.7 Å². The van der Waals surface area contributed by atoms with Gasteiger partial charge in [0.1, 0.15) is 0 Å². The summed E-state index contributed by atoms with van der Waals surface area (Å²) in [6.45, 7) is 0.364. The molecule has 7 nitrogen and oxygen atoms in total. The third kappa shape index (κ3) is 4.35. The first-order valence-electron chi connectivity index (χ1n) is 8.37. The van der Waals surface area contributed by atoms with E-state index in [0.29, 0.717) is 5.56 Å². The van der Waals surface area contributed by atoms with Crippen LogP contribution in [0, 0.1) is 0 Å². The molecule has 0 bridgehead atoms. The molecule has 1 saturated heterocycles. The molecule has 27 heavy (non-hydrogen) atoms. The molecule has 1 amide bonds. The number of hydrogen-bond donors (Lipinski definition) is 1. The van der Waals surface area contributed by atoms with Gasteiger partial charge in [-0.2, -0.15) is 0 Å². The molecule has 1 atom stereocenters. The highest BCUT2D eigenvalue weighted by atomic mass is 32.2. The number of carbonyl (C=O) groups excluding carboxylic acids is 1. The maximum Gasteiger partial charge on any atom is 0.328 e. The highest BCUT2D eigenvalue weighted by Gasteiger charge is 2.33. The number of carboxylic acids is 1. The second-order valence-corrected chi connectivity index (χ2v) is 8.19. The van der Waals surface area contributed by atoms with E-state index < -0.39 is 27.8 Å². The van der Waals surface area contributed by atoms with Crippen LogP contribution in [0.2, 0.25) is 0 Å². The summed E-state index contributed by atoms with van der Waals surface area (Å²) in [5, 5.41) is 9.28. The lowest BCUT2D eigenvalue weighted by molar-refractivity contribution is -0.147. The molecule has 1 N–H and O–H groups in total. The van der Waals surface area contributed by atoms with Gasteiger partial charge in [0.15, 0.2) is 15.9 Å². The van der Waals surface area contributed by atoms with Crippen LogP contribution in [0.15, 0.2) is 59.5 Å². The van der Waals surface area contributed by atoms with Crippen molar-refractivity contribution < 1.29 is 27.9 Å². The number of rotatable bonds is 5. The van der Waals surface area contributed by atoms with Gasteiger partial charge in [0.25, 0.3) is 5.91 Å². The molecule has 1 fully saturated rings. The lowest BCUT2D eigenvalue weighted by Crippen LogP contribution is -2.52. The van der Waals surface area contributed by atoms with Crippen molar-refractivity contribution >= 4 is 21.7 Å². The van der Waals surface area contributed by atoms with E-state index in [4.69, 9.17) is 4.74 Å². The number of benzene rings is 2. The van der Waals surface area contributed by atoms with Crippen LogP contribution in [0.5, 0.6) is 0 Å².